The fraction of sp³-hybridized carbons (Fsp3) is 0.375. The van der Waals surface area contributed by atoms with E-state index in [4.69, 9.17) is 11.6 Å². The molecule has 1 aromatic heterocycles. The summed E-state index contributed by atoms with van der Waals surface area (Å²) >= 11 is 5.94. The van der Waals surface area contributed by atoms with Gasteiger partial charge in [-0.15, -0.1) is 0 Å². The van der Waals surface area contributed by atoms with Crippen LogP contribution in [0.1, 0.15) is 24.0 Å². The Hall–Kier alpha value is -3.06. The van der Waals surface area contributed by atoms with Crippen molar-refractivity contribution in [2.24, 2.45) is 0 Å². The van der Waals surface area contributed by atoms with E-state index in [9.17, 15) is 14.4 Å². The van der Waals surface area contributed by atoms with Gasteiger partial charge in [-0.05, 0) is 55.7 Å². The number of aromatic amines is 1. The molecule has 0 radical (unpaired) electrons. The lowest BCUT2D eigenvalue weighted by Crippen LogP contribution is -2.49. The van der Waals surface area contributed by atoms with Gasteiger partial charge in [0.05, 0.1) is 10.9 Å². The topological polar surface area (TPSA) is 78.4 Å². The zero-order valence-corrected chi connectivity index (χ0v) is 19.1. The second-order valence-corrected chi connectivity index (χ2v) is 8.77. The maximum Gasteiger partial charge on any atom is 0.328 e. The molecule has 1 fully saturated rings. The number of aromatic nitrogens is 2. The number of fused-ring (bicyclic) bond motifs is 1. The van der Waals surface area contributed by atoms with Crippen molar-refractivity contribution < 1.29 is 4.79 Å². The maximum absolute atomic E-state index is 12.7. The van der Waals surface area contributed by atoms with Crippen LogP contribution in [0, 0.1) is 13.8 Å². The summed E-state index contributed by atoms with van der Waals surface area (Å²) in [4.78, 5) is 44.6. The number of piperazine rings is 1. The van der Waals surface area contributed by atoms with Crippen LogP contribution in [0.2, 0.25) is 5.02 Å². The summed E-state index contributed by atoms with van der Waals surface area (Å²) in [5.41, 5.74) is 3.26. The van der Waals surface area contributed by atoms with E-state index in [1.807, 2.05) is 4.90 Å². The third kappa shape index (κ3) is 4.58. The fourth-order valence-electron chi connectivity index (χ4n) is 4.23. The molecule has 1 N–H and O–H groups in total. The second-order valence-electron chi connectivity index (χ2n) is 8.34. The molecule has 2 aromatic carbocycles. The largest absolute Gasteiger partial charge is 0.368 e. The maximum atomic E-state index is 12.7. The number of H-pyrrole nitrogens is 1. The number of carbonyl (C=O) groups is 1. The first kappa shape index (κ1) is 22.1. The predicted octanol–water partition coefficient (Wildman–Crippen LogP) is 3.09. The van der Waals surface area contributed by atoms with Crippen molar-refractivity contribution in [3.8, 4) is 0 Å². The molecule has 0 unspecified atom stereocenters. The van der Waals surface area contributed by atoms with E-state index in [-0.39, 0.29) is 18.0 Å². The standard InChI is InChI=1S/C24H27ClN4O3/c1-16-5-6-17(2)21(14-16)27-10-12-28(13-11-27)22(30)4-3-9-29-23(31)19-8-7-18(25)15-20(19)26-24(29)32/h5-8,14-15H,3-4,9-13H2,1-2H3,(H,26,32). The minimum absolute atomic E-state index is 0.0580. The third-order valence-corrected chi connectivity index (χ3v) is 6.29. The Balaban J connectivity index is 1.34. The quantitative estimate of drug-likeness (QED) is 0.642. The smallest absolute Gasteiger partial charge is 0.328 e. The van der Waals surface area contributed by atoms with E-state index in [0.29, 0.717) is 41.9 Å². The van der Waals surface area contributed by atoms with Crippen molar-refractivity contribution in [3.05, 3.63) is 73.4 Å². The van der Waals surface area contributed by atoms with E-state index in [1.54, 1.807) is 18.2 Å². The molecule has 0 aliphatic carbocycles. The first-order valence-electron chi connectivity index (χ1n) is 10.9. The molecule has 168 valence electrons. The van der Waals surface area contributed by atoms with E-state index in [2.05, 4.69) is 41.9 Å². The lowest BCUT2D eigenvalue weighted by molar-refractivity contribution is -0.131. The number of halogens is 1. The van der Waals surface area contributed by atoms with E-state index >= 15 is 0 Å². The highest BCUT2D eigenvalue weighted by Gasteiger charge is 2.22. The number of nitrogens with zero attached hydrogens (tertiary/aromatic N) is 3. The molecule has 32 heavy (non-hydrogen) atoms. The minimum atomic E-state index is -0.487. The monoisotopic (exact) mass is 454 g/mol. The summed E-state index contributed by atoms with van der Waals surface area (Å²) in [6.45, 7) is 7.32. The lowest BCUT2D eigenvalue weighted by atomic mass is 10.1. The Morgan fingerprint density at radius 3 is 2.53 bits per heavy atom. The average molecular weight is 455 g/mol. The SMILES string of the molecule is Cc1ccc(C)c(N2CCN(C(=O)CCCn3c(=O)[nH]c4cc(Cl)ccc4c3=O)CC2)c1. The highest BCUT2D eigenvalue weighted by molar-refractivity contribution is 6.31. The van der Waals surface area contributed by atoms with Crippen LogP contribution in [0.5, 0.6) is 0 Å². The van der Waals surface area contributed by atoms with Gasteiger partial charge in [-0.2, -0.15) is 0 Å². The number of nitrogens with one attached hydrogen (secondary N) is 1. The molecule has 7 nitrogen and oxygen atoms in total. The molecule has 0 saturated carbocycles. The lowest BCUT2D eigenvalue weighted by Gasteiger charge is -2.37. The molecule has 1 amide bonds. The van der Waals surface area contributed by atoms with Crippen LogP contribution < -0.4 is 16.1 Å². The molecule has 2 heterocycles. The summed E-state index contributed by atoms with van der Waals surface area (Å²) < 4.78 is 1.15. The molecular weight excluding hydrogens is 428 g/mol. The van der Waals surface area contributed by atoms with E-state index < -0.39 is 5.69 Å². The van der Waals surface area contributed by atoms with Gasteiger partial charge in [-0.25, -0.2) is 4.79 Å². The second kappa shape index (κ2) is 9.20. The zero-order valence-electron chi connectivity index (χ0n) is 18.4. The Kier molecular flexibility index (Phi) is 6.37. The molecule has 3 aromatic rings. The number of hydrogen-bond donors (Lipinski definition) is 1. The predicted molar refractivity (Wildman–Crippen MR) is 128 cm³/mol. The van der Waals surface area contributed by atoms with Crippen LogP contribution in [0.15, 0.2) is 46.0 Å². The first-order valence-corrected chi connectivity index (χ1v) is 11.2. The number of benzene rings is 2. The van der Waals surface area contributed by atoms with Crippen LogP contribution in [-0.2, 0) is 11.3 Å². The molecular formula is C24H27ClN4O3. The van der Waals surface area contributed by atoms with Crippen molar-refractivity contribution in [3.63, 3.8) is 0 Å². The third-order valence-electron chi connectivity index (χ3n) is 6.05. The molecule has 8 heteroatoms. The first-order chi connectivity index (χ1) is 15.3. The highest BCUT2D eigenvalue weighted by atomic mass is 35.5. The van der Waals surface area contributed by atoms with Gasteiger partial charge in [0.15, 0.2) is 0 Å². The molecule has 1 aliphatic heterocycles. The summed E-state index contributed by atoms with van der Waals surface area (Å²) in [6.07, 6.45) is 0.728. The Morgan fingerprint density at radius 2 is 1.78 bits per heavy atom. The van der Waals surface area contributed by atoms with Crippen molar-refractivity contribution in [2.45, 2.75) is 33.2 Å². The van der Waals surface area contributed by atoms with Gasteiger partial charge in [-0.3, -0.25) is 14.2 Å². The van der Waals surface area contributed by atoms with Crippen molar-refractivity contribution in [1.82, 2.24) is 14.5 Å². The molecule has 0 atom stereocenters. The van der Waals surface area contributed by atoms with Gasteiger partial charge in [0.25, 0.3) is 5.56 Å². The number of anilines is 1. The number of rotatable bonds is 5. The molecule has 4 rings (SSSR count). The highest BCUT2D eigenvalue weighted by Crippen LogP contribution is 2.23. The van der Waals surface area contributed by atoms with Crippen LogP contribution >= 0.6 is 11.6 Å². The number of aryl methyl sites for hydroxylation is 2. The van der Waals surface area contributed by atoms with Gasteiger partial charge in [0.1, 0.15) is 0 Å². The average Bonchev–Trinajstić information content (AvgIpc) is 2.77. The number of carbonyl (C=O) groups excluding carboxylic acids is 1. The Morgan fingerprint density at radius 1 is 1.03 bits per heavy atom. The van der Waals surface area contributed by atoms with Crippen molar-refractivity contribution in [2.75, 3.05) is 31.1 Å². The summed E-state index contributed by atoms with van der Waals surface area (Å²) in [7, 11) is 0. The zero-order chi connectivity index (χ0) is 22.8. The van der Waals surface area contributed by atoms with Crippen LogP contribution in [0.3, 0.4) is 0 Å². The molecule has 0 spiro atoms. The normalized spacial score (nSPS) is 14.2. The number of amides is 1. The van der Waals surface area contributed by atoms with E-state index in [0.717, 1.165) is 17.7 Å². The van der Waals surface area contributed by atoms with Gasteiger partial charge < -0.3 is 14.8 Å². The van der Waals surface area contributed by atoms with Gasteiger partial charge >= 0.3 is 5.69 Å². The van der Waals surface area contributed by atoms with Gasteiger partial charge in [0, 0.05) is 49.9 Å². The van der Waals surface area contributed by atoms with E-state index in [1.165, 1.54) is 16.8 Å². The molecule has 1 aliphatic rings. The van der Waals surface area contributed by atoms with Crippen molar-refractivity contribution in [1.29, 1.82) is 0 Å². The fourth-order valence-corrected chi connectivity index (χ4v) is 4.41. The summed E-state index contributed by atoms with van der Waals surface area (Å²) in [6, 6.07) is 11.2. The Labute approximate surface area is 191 Å². The van der Waals surface area contributed by atoms with Crippen LogP contribution in [-0.4, -0.2) is 46.5 Å². The molecule has 1 saturated heterocycles. The molecule has 0 bridgehead atoms. The van der Waals surface area contributed by atoms with Gasteiger partial charge in [-0.1, -0.05) is 23.7 Å². The van der Waals surface area contributed by atoms with Crippen LogP contribution in [0.4, 0.5) is 5.69 Å². The summed E-state index contributed by atoms with van der Waals surface area (Å²) in [5, 5.41) is 0.858. The summed E-state index contributed by atoms with van der Waals surface area (Å²) in [5.74, 6) is 0.0580. The minimum Gasteiger partial charge on any atom is -0.368 e. The van der Waals surface area contributed by atoms with Crippen molar-refractivity contribution >= 4 is 34.1 Å². The van der Waals surface area contributed by atoms with Crippen LogP contribution in [0.25, 0.3) is 10.9 Å². The van der Waals surface area contributed by atoms with Gasteiger partial charge in [0.2, 0.25) is 5.91 Å². The Bertz CT molecular complexity index is 1270. The number of hydrogen-bond acceptors (Lipinski definition) is 4.